The second-order valence-electron chi connectivity index (χ2n) is 6.81. The van der Waals surface area contributed by atoms with E-state index in [1.165, 1.54) is 0 Å². The topological polar surface area (TPSA) is 43.4 Å². The number of ether oxygens (including phenoxy) is 1. The van der Waals surface area contributed by atoms with E-state index in [1.54, 1.807) is 6.92 Å². The van der Waals surface area contributed by atoms with Crippen LogP contribution in [0, 0.1) is 28.6 Å². The maximum atomic E-state index is 13.5. The van der Waals surface area contributed by atoms with E-state index in [2.05, 4.69) is 18.4 Å². The molecule has 0 amide bonds. The number of ketones is 1. The number of hydrogen-bond donors (Lipinski definition) is 0. The predicted molar refractivity (Wildman–Crippen MR) is 90.6 cm³/mol. The molecular formula is C20H28O3. The summed E-state index contributed by atoms with van der Waals surface area (Å²) in [5, 5.41) is 0. The molecule has 23 heavy (non-hydrogen) atoms. The Hall–Kier alpha value is -1.56. The Morgan fingerprint density at radius 1 is 1.39 bits per heavy atom. The third-order valence-electron chi connectivity index (χ3n) is 5.56. The van der Waals surface area contributed by atoms with E-state index in [0.29, 0.717) is 25.9 Å². The molecule has 2 fully saturated rings. The van der Waals surface area contributed by atoms with Crippen molar-refractivity contribution in [1.82, 2.24) is 0 Å². The Kier molecular flexibility index (Phi) is 5.68. The van der Waals surface area contributed by atoms with E-state index in [9.17, 15) is 9.59 Å². The van der Waals surface area contributed by atoms with Gasteiger partial charge >= 0.3 is 5.97 Å². The molecule has 3 heteroatoms. The summed E-state index contributed by atoms with van der Waals surface area (Å²) in [5.74, 6) is 6.03. The number of carbonyl (C=O) groups excluding carboxylic acids is 2. The van der Waals surface area contributed by atoms with Crippen LogP contribution in [0.4, 0.5) is 0 Å². The van der Waals surface area contributed by atoms with Crippen LogP contribution in [0.15, 0.2) is 12.7 Å². The SMILES string of the molecule is C=CC[C@]12CCCC[C@H]1C[C@@](CC#CCC)(C(=O)OCC)C2=O. The second-order valence-corrected chi connectivity index (χ2v) is 6.81. The average molecular weight is 316 g/mol. The normalized spacial score (nSPS) is 32.6. The van der Waals surface area contributed by atoms with Crippen molar-refractivity contribution in [2.24, 2.45) is 16.7 Å². The van der Waals surface area contributed by atoms with Crippen molar-refractivity contribution >= 4 is 11.8 Å². The van der Waals surface area contributed by atoms with Crippen LogP contribution in [0.25, 0.3) is 0 Å². The predicted octanol–water partition coefficient (Wildman–Crippen LogP) is 4.06. The molecular weight excluding hydrogens is 288 g/mol. The van der Waals surface area contributed by atoms with E-state index in [1.807, 2.05) is 13.0 Å². The van der Waals surface area contributed by atoms with Crippen molar-refractivity contribution in [2.75, 3.05) is 6.61 Å². The molecule has 2 aliphatic carbocycles. The van der Waals surface area contributed by atoms with Gasteiger partial charge in [0.25, 0.3) is 0 Å². The van der Waals surface area contributed by atoms with Gasteiger partial charge in [-0.1, -0.05) is 25.8 Å². The molecule has 3 atom stereocenters. The number of esters is 1. The molecule has 3 nitrogen and oxygen atoms in total. The van der Waals surface area contributed by atoms with E-state index in [0.717, 1.165) is 32.1 Å². The van der Waals surface area contributed by atoms with Crippen LogP contribution in [0.2, 0.25) is 0 Å². The highest BCUT2D eigenvalue weighted by Crippen LogP contribution is 2.60. The Balaban J connectivity index is 2.43. The number of rotatable bonds is 5. The van der Waals surface area contributed by atoms with Crippen molar-refractivity contribution in [2.45, 2.75) is 65.2 Å². The van der Waals surface area contributed by atoms with Crippen molar-refractivity contribution in [3.8, 4) is 11.8 Å². The van der Waals surface area contributed by atoms with E-state index in [4.69, 9.17) is 4.74 Å². The molecule has 0 bridgehead atoms. The van der Waals surface area contributed by atoms with Crippen molar-refractivity contribution in [1.29, 1.82) is 0 Å². The second kappa shape index (κ2) is 7.34. The van der Waals surface area contributed by atoms with Crippen molar-refractivity contribution in [3.05, 3.63) is 12.7 Å². The van der Waals surface area contributed by atoms with Gasteiger partial charge in [-0.15, -0.1) is 18.4 Å². The lowest BCUT2D eigenvalue weighted by atomic mass is 9.65. The molecule has 0 unspecified atom stereocenters. The zero-order valence-corrected chi connectivity index (χ0v) is 14.5. The third kappa shape index (κ3) is 2.96. The standard InChI is InChI=1S/C20H28O3/c1-4-7-9-14-20(18(22)23-6-3)15-16-11-8-10-13-19(16,12-5-2)17(20)21/h5,16H,2,4,6,8,10-15H2,1,3H3/t16-,19-,20+/m0/s1. The largest absolute Gasteiger partial charge is 0.465 e. The van der Waals surface area contributed by atoms with Crippen LogP contribution in [0.5, 0.6) is 0 Å². The van der Waals surface area contributed by atoms with Crippen LogP contribution in [-0.4, -0.2) is 18.4 Å². The third-order valence-corrected chi connectivity index (χ3v) is 5.56. The molecule has 0 heterocycles. The van der Waals surface area contributed by atoms with E-state index < -0.39 is 10.8 Å². The lowest BCUT2D eigenvalue weighted by Gasteiger charge is -2.37. The van der Waals surface area contributed by atoms with Crippen LogP contribution in [0.1, 0.15) is 65.2 Å². The summed E-state index contributed by atoms with van der Waals surface area (Å²) in [6.07, 6.45) is 8.20. The van der Waals surface area contributed by atoms with E-state index in [-0.39, 0.29) is 17.7 Å². The fourth-order valence-corrected chi connectivity index (χ4v) is 4.53. The van der Waals surface area contributed by atoms with Crippen LogP contribution in [-0.2, 0) is 14.3 Å². The van der Waals surface area contributed by atoms with Gasteiger partial charge in [-0.05, 0) is 38.5 Å². The Labute approximate surface area is 139 Å². The Bertz CT molecular complexity index is 539. The lowest BCUT2D eigenvalue weighted by Crippen LogP contribution is -2.43. The molecule has 2 rings (SSSR count). The van der Waals surface area contributed by atoms with Gasteiger partial charge in [-0.25, -0.2) is 0 Å². The Morgan fingerprint density at radius 3 is 2.83 bits per heavy atom. The number of carbonyl (C=O) groups is 2. The maximum absolute atomic E-state index is 13.5. The van der Waals surface area contributed by atoms with Gasteiger partial charge < -0.3 is 4.74 Å². The first kappa shape index (κ1) is 17.8. The fourth-order valence-electron chi connectivity index (χ4n) is 4.53. The highest BCUT2D eigenvalue weighted by Gasteiger charge is 2.65. The van der Waals surface area contributed by atoms with E-state index >= 15 is 0 Å². The van der Waals surface area contributed by atoms with Crippen LogP contribution < -0.4 is 0 Å². The Morgan fingerprint density at radius 2 is 2.17 bits per heavy atom. The molecule has 0 radical (unpaired) electrons. The van der Waals surface area contributed by atoms with Crippen LogP contribution in [0.3, 0.4) is 0 Å². The fraction of sp³-hybridized carbons (Fsp3) is 0.700. The lowest BCUT2D eigenvalue weighted by molar-refractivity contribution is -0.160. The number of hydrogen-bond acceptors (Lipinski definition) is 3. The summed E-state index contributed by atoms with van der Waals surface area (Å²) < 4.78 is 5.31. The van der Waals surface area contributed by atoms with Crippen LogP contribution >= 0.6 is 0 Å². The minimum Gasteiger partial charge on any atom is -0.465 e. The highest BCUT2D eigenvalue weighted by molar-refractivity contribution is 6.09. The summed E-state index contributed by atoms with van der Waals surface area (Å²) in [7, 11) is 0. The van der Waals surface area contributed by atoms with Gasteiger partial charge in [0.1, 0.15) is 5.41 Å². The molecule has 0 aromatic rings. The van der Waals surface area contributed by atoms with Crippen molar-refractivity contribution in [3.63, 3.8) is 0 Å². The molecule has 2 aliphatic rings. The summed E-state index contributed by atoms with van der Waals surface area (Å²) in [4.78, 5) is 26.2. The van der Waals surface area contributed by atoms with Gasteiger partial charge in [0, 0.05) is 18.3 Å². The molecule has 0 aliphatic heterocycles. The first-order valence-corrected chi connectivity index (χ1v) is 8.86. The summed E-state index contributed by atoms with van der Waals surface area (Å²) in [6.45, 7) is 7.91. The maximum Gasteiger partial charge on any atom is 0.320 e. The average Bonchev–Trinajstić information content (AvgIpc) is 2.79. The molecule has 0 aromatic heterocycles. The first-order chi connectivity index (χ1) is 11.1. The zero-order chi connectivity index (χ0) is 16.9. The highest BCUT2D eigenvalue weighted by atomic mass is 16.5. The molecule has 2 saturated carbocycles. The minimum absolute atomic E-state index is 0.0680. The molecule has 0 spiro atoms. The number of fused-ring (bicyclic) bond motifs is 1. The quantitative estimate of drug-likeness (QED) is 0.332. The van der Waals surface area contributed by atoms with Crippen molar-refractivity contribution < 1.29 is 14.3 Å². The van der Waals surface area contributed by atoms with Gasteiger partial charge in [-0.3, -0.25) is 9.59 Å². The van der Waals surface area contributed by atoms with Gasteiger partial charge in [0.05, 0.1) is 6.61 Å². The smallest absolute Gasteiger partial charge is 0.320 e. The molecule has 0 saturated heterocycles. The monoisotopic (exact) mass is 316 g/mol. The summed E-state index contributed by atoms with van der Waals surface area (Å²) in [6, 6.07) is 0. The summed E-state index contributed by atoms with van der Waals surface area (Å²) in [5.41, 5.74) is -1.48. The summed E-state index contributed by atoms with van der Waals surface area (Å²) >= 11 is 0. The molecule has 0 N–H and O–H groups in total. The minimum atomic E-state index is -1.06. The van der Waals surface area contributed by atoms with Gasteiger partial charge in [-0.2, -0.15) is 0 Å². The number of allylic oxidation sites excluding steroid dienone is 1. The van der Waals surface area contributed by atoms with Gasteiger partial charge in [0.15, 0.2) is 5.78 Å². The molecule has 0 aromatic carbocycles. The molecule has 126 valence electrons. The first-order valence-electron chi connectivity index (χ1n) is 8.86. The zero-order valence-electron chi connectivity index (χ0n) is 14.5. The van der Waals surface area contributed by atoms with Gasteiger partial charge in [0.2, 0.25) is 0 Å². The number of Topliss-reactive ketones (excluding diaryl/α,β-unsaturated/α-hetero) is 1.